The Kier molecular flexibility index (Phi) is 6.57. The molecule has 0 spiro atoms. The third-order valence-electron chi connectivity index (χ3n) is 4.13. The molecule has 0 saturated carbocycles. The average molecular weight is 340 g/mol. The van der Waals surface area contributed by atoms with E-state index in [0.29, 0.717) is 22.9 Å². The fourth-order valence-corrected chi connectivity index (χ4v) is 2.42. The van der Waals surface area contributed by atoms with Gasteiger partial charge in [-0.1, -0.05) is 38.1 Å². The minimum Gasteiger partial charge on any atom is -0.452 e. The van der Waals surface area contributed by atoms with Crippen molar-refractivity contribution in [3.05, 3.63) is 59.7 Å². The number of nitrogens with one attached hydrogen (secondary N) is 2. The number of carbonyl (C=O) groups is 2. The van der Waals surface area contributed by atoms with Crippen LogP contribution in [0.5, 0.6) is 0 Å². The van der Waals surface area contributed by atoms with Gasteiger partial charge in [0.05, 0.1) is 5.56 Å². The molecule has 1 amide bonds. The number of carbonyl (C=O) groups excluding carboxylic acids is 2. The first kappa shape index (κ1) is 18.5. The minimum atomic E-state index is -0.535. The first-order chi connectivity index (χ1) is 12.0. The highest BCUT2D eigenvalue weighted by molar-refractivity contribution is 5.98. The summed E-state index contributed by atoms with van der Waals surface area (Å²) in [7, 11) is 1.72. The van der Waals surface area contributed by atoms with Crippen molar-refractivity contribution in [3.63, 3.8) is 0 Å². The van der Waals surface area contributed by atoms with Gasteiger partial charge in [0.2, 0.25) is 0 Å². The molecule has 5 heteroatoms. The molecule has 1 atom stereocenters. The summed E-state index contributed by atoms with van der Waals surface area (Å²) >= 11 is 0. The summed E-state index contributed by atoms with van der Waals surface area (Å²) in [4.78, 5) is 24.1. The fraction of sp³-hybridized carbons (Fsp3) is 0.300. The summed E-state index contributed by atoms with van der Waals surface area (Å²) in [6.07, 6.45) is 1.07. The van der Waals surface area contributed by atoms with Gasteiger partial charge in [0.1, 0.15) is 0 Å². The number of para-hydroxylation sites is 1. The zero-order valence-electron chi connectivity index (χ0n) is 14.8. The molecule has 2 N–H and O–H groups in total. The highest BCUT2D eigenvalue weighted by atomic mass is 16.5. The van der Waals surface area contributed by atoms with Crippen LogP contribution in [0.3, 0.4) is 0 Å². The van der Waals surface area contributed by atoms with E-state index in [4.69, 9.17) is 4.74 Å². The van der Waals surface area contributed by atoms with Crippen LogP contribution in [0.4, 0.5) is 11.4 Å². The number of anilines is 2. The smallest absolute Gasteiger partial charge is 0.340 e. The van der Waals surface area contributed by atoms with E-state index in [1.54, 1.807) is 25.2 Å². The van der Waals surface area contributed by atoms with E-state index in [1.807, 2.05) is 30.3 Å². The monoisotopic (exact) mass is 340 g/mol. The van der Waals surface area contributed by atoms with Gasteiger partial charge in [-0.2, -0.15) is 0 Å². The van der Waals surface area contributed by atoms with Crippen molar-refractivity contribution in [1.82, 2.24) is 0 Å². The molecule has 0 unspecified atom stereocenters. The van der Waals surface area contributed by atoms with Crippen molar-refractivity contribution in [2.75, 3.05) is 24.3 Å². The van der Waals surface area contributed by atoms with Gasteiger partial charge >= 0.3 is 5.97 Å². The van der Waals surface area contributed by atoms with E-state index >= 15 is 0 Å². The molecule has 0 bridgehead atoms. The Labute approximate surface area is 148 Å². The molecule has 2 aromatic carbocycles. The number of hydrogen-bond donors (Lipinski definition) is 2. The van der Waals surface area contributed by atoms with Gasteiger partial charge in [-0.3, -0.25) is 4.79 Å². The fourth-order valence-electron chi connectivity index (χ4n) is 2.42. The first-order valence-corrected chi connectivity index (χ1v) is 8.38. The van der Waals surface area contributed by atoms with Crippen molar-refractivity contribution in [3.8, 4) is 0 Å². The molecule has 0 aliphatic carbocycles. The topological polar surface area (TPSA) is 67.4 Å². The molecule has 5 nitrogen and oxygen atoms in total. The predicted octanol–water partition coefficient (Wildman–Crippen LogP) is 4.04. The van der Waals surface area contributed by atoms with Crippen molar-refractivity contribution in [2.24, 2.45) is 0 Å². The van der Waals surface area contributed by atoms with Crippen molar-refractivity contribution in [2.45, 2.75) is 26.2 Å². The molecule has 2 rings (SSSR count). The molecule has 2 aromatic rings. The number of benzene rings is 2. The van der Waals surface area contributed by atoms with Crippen LogP contribution >= 0.6 is 0 Å². The van der Waals surface area contributed by atoms with Crippen LogP contribution in [0.2, 0.25) is 0 Å². The summed E-state index contributed by atoms with van der Waals surface area (Å²) in [5, 5.41) is 5.65. The third-order valence-corrected chi connectivity index (χ3v) is 4.13. The number of amides is 1. The quantitative estimate of drug-likeness (QED) is 0.747. The van der Waals surface area contributed by atoms with Gasteiger partial charge in [0, 0.05) is 18.4 Å². The first-order valence-electron chi connectivity index (χ1n) is 8.38. The van der Waals surface area contributed by atoms with Crippen molar-refractivity contribution in [1.29, 1.82) is 0 Å². The highest BCUT2D eigenvalue weighted by Crippen LogP contribution is 2.20. The summed E-state index contributed by atoms with van der Waals surface area (Å²) < 4.78 is 5.09. The number of ether oxygens (including phenoxy) is 1. The van der Waals surface area contributed by atoms with Gasteiger partial charge < -0.3 is 15.4 Å². The zero-order chi connectivity index (χ0) is 18.2. The number of esters is 1. The third kappa shape index (κ3) is 5.08. The highest BCUT2D eigenvalue weighted by Gasteiger charge is 2.13. The molecule has 0 saturated heterocycles. The Morgan fingerprint density at radius 3 is 2.40 bits per heavy atom. The van der Waals surface area contributed by atoms with Crippen LogP contribution in [0.1, 0.15) is 42.1 Å². The normalized spacial score (nSPS) is 11.5. The summed E-state index contributed by atoms with van der Waals surface area (Å²) in [5.74, 6) is -0.420. The van der Waals surface area contributed by atoms with Crippen LogP contribution in [0.25, 0.3) is 0 Å². The van der Waals surface area contributed by atoms with Crippen LogP contribution in [0, 0.1) is 0 Å². The molecule has 132 valence electrons. The molecule has 25 heavy (non-hydrogen) atoms. The van der Waals surface area contributed by atoms with Crippen LogP contribution in [0.15, 0.2) is 48.5 Å². The van der Waals surface area contributed by atoms with E-state index < -0.39 is 5.97 Å². The Bertz CT molecular complexity index is 726. The lowest BCUT2D eigenvalue weighted by molar-refractivity contribution is -0.119. The van der Waals surface area contributed by atoms with Crippen LogP contribution in [-0.4, -0.2) is 25.5 Å². The predicted molar refractivity (Wildman–Crippen MR) is 100 cm³/mol. The Balaban J connectivity index is 1.89. The summed E-state index contributed by atoms with van der Waals surface area (Å²) in [6, 6.07) is 14.7. The second kappa shape index (κ2) is 8.87. The maximum atomic E-state index is 12.1. The molecule has 0 aromatic heterocycles. The van der Waals surface area contributed by atoms with Crippen LogP contribution < -0.4 is 10.6 Å². The molecule has 0 fully saturated rings. The molecule has 0 aliphatic rings. The lowest BCUT2D eigenvalue weighted by atomic mass is 9.99. The Hall–Kier alpha value is -2.82. The minimum absolute atomic E-state index is 0.329. The summed E-state index contributed by atoms with van der Waals surface area (Å²) in [5.41, 5.74) is 2.98. The summed E-state index contributed by atoms with van der Waals surface area (Å²) in [6.45, 7) is 3.97. The van der Waals surface area contributed by atoms with Gasteiger partial charge in [0.25, 0.3) is 5.91 Å². The zero-order valence-corrected chi connectivity index (χ0v) is 14.8. The number of hydrogen-bond acceptors (Lipinski definition) is 4. The van der Waals surface area contributed by atoms with E-state index in [0.717, 1.165) is 6.42 Å². The molecule has 0 heterocycles. The van der Waals surface area contributed by atoms with Crippen LogP contribution in [-0.2, 0) is 9.53 Å². The molecular formula is C20H24N2O3. The molecule has 0 radical (unpaired) electrons. The molecular weight excluding hydrogens is 316 g/mol. The van der Waals surface area contributed by atoms with Gasteiger partial charge in [-0.05, 0) is 42.2 Å². The second-order valence-electron chi connectivity index (χ2n) is 5.85. The SMILES string of the molecule is CC[C@@H](C)c1ccc(NC(=O)COC(=O)c2ccccc2NC)cc1. The van der Waals surface area contributed by atoms with E-state index in [-0.39, 0.29) is 12.5 Å². The standard InChI is InChI=1S/C20H24N2O3/c1-4-14(2)15-9-11-16(12-10-15)22-19(23)13-25-20(24)17-7-5-6-8-18(17)21-3/h5-12,14,21H,4,13H2,1-3H3,(H,22,23)/t14-/m1/s1. The number of rotatable bonds is 7. The van der Waals surface area contributed by atoms with Gasteiger partial charge in [-0.15, -0.1) is 0 Å². The van der Waals surface area contributed by atoms with E-state index in [9.17, 15) is 9.59 Å². The average Bonchev–Trinajstić information content (AvgIpc) is 2.66. The van der Waals surface area contributed by atoms with Gasteiger partial charge in [-0.25, -0.2) is 4.79 Å². The second-order valence-corrected chi connectivity index (χ2v) is 5.85. The Morgan fingerprint density at radius 1 is 1.08 bits per heavy atom. The van der Waals surface area contributed by atoms with Gasteiger partial charge in [0.15, 0.2) is 6.61 Å². The maximum absolute atomic E-state index is 12.1. The Morgan fingerprint density at radius 2 is 1.76 bits per heavy atom. The lowest BCUT2D eigenvalue weighted by Crippen LogP contribution is -2.21. The maximum Gasteiger partial charge on any atom is 0.340 e. The van der Waals surface area contributed by atoms with E-state index in [2.05, 4.69) is 24.5 Å². The lowest BCUT2D eigenvalue weighted by Gasteiger charge is -2.11. The molecule has 0 aliphatic heterocycles. The largest absolute Gasteiger partial charge is 0.452 e. The van der Waals surface area contributed by atoms with Crippen molar-refractivity contribution >= 4 is 23.3 Å². The van der Waals surface area contributed by atoms with E-state index in [1.165, 1.54) is 5.56 Å². The van der Waals surface area contributed by atoms with Crippen molar-refractivity contribution < 1.29 is 14.3 Å².